The largest absolute Gasteiger partial charge is 0.495 e. The lowest BCUT2D eigenvalue weighted by molar-refractivity contribution is -0.125. The molecule has 2 aromatic carbocycles. The zero-order valence-electron chi connectivity index (χ0n) is 21.6. The van der Waals surface area contributed by atoms with E-state index in [1.54, 1.807) is 36.5 Å². The average molecular weight is 503 g/mol. The number of aromatic nitrogens is 2. The number of aryl methyl sites for hydroxylation is 1. The molecule has 8 nitrogen and oxygen atoms in total. The number of guanidine groups is 1. The topological polar surface area (TPSA) is 66.2 Å². The molecule has 0 N–H and O–H groups in total. The molecule has 0 radical (unpaired) electrons. The molecule has 5 rings (SSSR count). The van der Waals surface area contributed by atoms with E-state index >= 15 is 0 Å². The maximum absolute atomic E-state index is 13.7. The molecule has 0 saturated carbocycles. The fourth-order valence-corrected chi connectivity index (χ4v) is 4.77. The minimum atomic E-state index is -0.294. The van der Waals surface area contributed by atoms with E-state index in [1.165, 1.54) is 12.1 Å². The first-order valence-corrected chi connectivity index (χ1v) is 12.3. The lowest BCUT2D eigenvalue weighted by Crippen LogP contribution is -2.52. The van der Waals surface area contributed by atoms with Crippen LogP contribution in [0.25, 0.3) is 11.8 Å². The Morgan fingerprint density at radius 3 is 2.65 bits per heavy atom. The third kappa shape index (κ3) is 4.99. The number of ether oxygens (including phenoxy) is 1. The Labute approximate surface area is 216 Å². The summed E-state index contributed by atoms with van der Waals surface area (Å²) in [7, 11) is 5.67. The number of hydrogen-bond acceptors (Lipinski definition) is 6. The van der Waals surface area contributed by atoms with Crippen LogP contribution in [-0.4, -0.2) is 77.0 Å². The van der Waals surface area contributed by atoms with Crippen LogP contribution in [0.5, 0.6) is 5.75 Å². The van der Waals surface area contributed by atoms with Gasteiger partial charge in [0.25, 0.3) is 5.91 Å². The van der Waals surface area contributed by atoms with Gasteiger partial charge in [-0.15, -0.1) is 0 Å². The highest BCUT2D eigenvalue weighted by atomic mass is 19.1. The molecule has 3 aromatic rings. The molecule has 2 aliphatic rings. The van der Waals surface area contributed by atoms with Crippen LogP contribution in [0.1, 0.15) is 29.3 Å². The number of imidazole rings is 1. The number of amides is 1. The molecule has 1 fully saturated rings. The first-order chi connectivity index (χ1) is 17.8. The van der Waals surface area contributed by atoms with Crippen molar-refractivity contribution in [2.45, 2.75) is 19.4 Å². The molecule has 0 bridgehead atoms. The van der Waals surface area contributed by atoms with E-state index in [-0.39, 0.29) is 17.8 Å². The maximum atomic E-state index is 13.7. The second-order valence-electron chi connectivity index (χ2n) is 9.62. The molecule has 1 saturated heterocycles. The van der Waals surface area contributed by atoms with Gasteiger partial charge in [-0.25, -0.2) is 14.4 Å². The Morgan fingerprint density at radius 2 is 1.97 bits per heavy atom. The highest BCUT2D eigenvalue weighted by Gasteiger charge is 2.42. The number of rotatable bonds is 7. The molecule has 0 spiro atoms. The first-order valence-electron chi connectivity index (χ1n) is 12.3. The van der Waals surface area contributed by atoms with Crippen molar-refractivity contribution >= 4 is 17.9 Å². The quantitative estimate of drug-likeness (QED) is 0.459. The molecule has 2 aliphatic heterocycles. The number of carbonyl (C=O) groups excluding carboxylic acids is 1. The fourth-order valence-electron chi connectivity index (χ4n) is 4.77. The minimum absolute atomic E-state index is 0.160. The predicted molar refractivity (Wildman–Crippen MR) is 141 cm³/mol. The Morgan fingerprint density at radius 1 is 1.19 bits per heavy atom. The number of benzene rings is 2. The minimum Gasteiger partial charge on any atom is -0.495 e. The summed E-state index contributed by atoms with van der Waals surface area (Å²) in [5, 5.41) is 0. The Kier molecular flexibility index (Phi) is 6.80. The van der Waals surface area contributed by atoms with Crippen molar-refractivity contribution < 1.29 is 13.9 Å². The lowest BCUT2D eigenvalue weighted by atomic mass is 9.99. The number of fused-ring (bicyclic) bond motifs is 1. The highest BCUT2D eigenvalue weighted by Crippen LogP contribution is 2.36. The molecule has 0 aliphatic carbocycles. The van der Waals surface area contributed by atoms with Crippen LogP contribution in [0, 0.1) is 12.7 Å². The lowest BCUT2D eigenvalue weighted by Gasteiger charge is -2.40. The molecular formula is C28H31FN6O2. The summed E-state index contributed by atoms with van der Waals surface area (Å²) >= 11 is 0. The number of aliphatic imine (C=N–C) groups is 1. The highest BCUT2D eigenvalue weighted by molar-refractivity contribution is 6.14. The monoisotopic (exact) mass is 502 g/mol. The fraction of sp³-hybridized carbons (Fsp3) is 0.321. The zero-order chi connectivity index (χ0) is 26.1. The molecule has 192 valence electrons. The van der Waals surface area contributed by atoms with Gasteiger partial charge in [0.2, 0.25) is 5.96 Å². The summed E-state index contributed by atoms with van der Waals surface area (Å²) < 4.78 is 21.1. The van der Waals surface area contributed by atoms with Crippen molar-refractivity contribution in [3.05, 3.63) is 83.3 Å². The number of hydrogen-bond donors (Lipinski definition) is 0. The van der Waals surface area contributed by atoms with Crippen LogP contribution in [-0.2, 0) is 4.79 Å². The van der Waals surface area contributed by atoms with Gasteiger partial charge >= 0.3 is 0 Å². The van der Waals surface area contributed by atoms with Crippen LogP contribution in [0.3, 0.4) is 0 Å². The standard InChI is InChI=1S/C28H31FN6O2/c1-19-17-34(18-30-19)25-10-5-20(16-26(25)37-4)15-23-27(36)35-24(21-6-8-22(29)9-7-21)11-12-33(28(35)31-23)14-13-32(2)3/h5-10,15-18,24H,11-14H2,1-4H3/b23-15-/t24-/m0/s1. The molecule has 0 unspecified atom stereocenters. The van der Waals surface area contributed by atoms with E-state index in [4.69, 9.17) is 9.73 Å². The van der Waals surface area contributed by atoms with Crippen LogP contribution in [0.15, 0.2) is 65.7 Å². The summed E-state index contributed by atoms with van der Waals surface area (Å²) in [5.74, 6) is 0.861. The first kappa shape index (κ1) is 24.7. The van der Waals surface area contributed by atoms with Crippen LogP contribution in [0.2, 0.25) is 0 Å². The van der Waals surface area contributed by atoms with Gasteiger partial charge in [-0.3, -0.25) is 9.69 Å². The third-order valence-corrected chi connectivity index (χ3v) is 6.71. The molecular weight excluding hydrogens is 471 g/mol. The van der Waals surface area contributed by atoms with Crippen molar-refractivity contribution in [2.75, 3.05) is 40.8 Å². The second-order valence-corrected chi connectivity index (χ2v) is 9.62. The predicted octanol–water partition coefficient (Wildman–Crippen LogP) is 3.88. The van der Waals surface area contributed by atoms with Crippen LogP contribution >= 0.6 is 0 Å². The van der Waals surface area contributed by atoms with E-state index in [0.717, 1.165) is 48.6 Å². The number of halogens is 1. The van der Waals surface area contributed by atoms with E-state index in [2.05, 4.69) is 14.8 Å². The van der Waals surface area contributed by atoms with Gasteiger partial charge in [-0.1, -0.05) is 18.2 Å². The number of likely N-dealkylation sites (N-methyl/N-ethyl adjacent to an activating group) is 1. The van der Waals surface area contributed by atoms with E-state index in [0.29, 0.717) is 17.4 Å². The van der Waals surface area contributed by atoms with Gasteiger partial charge in [-0.05, 0) is 68.9 Å². The normalized spacial score (nSPS) is 18.5. The van der Waals surface area contributed by atoms with Gasteiger partial charge in [-0.2, -0.15) is 0 Å². The summed E-state index contributed by atoms with van der Waals surface area (Å²) in [6, 6.07) is 12.0. The van der Waals surface area contributed by atoms with Crippen molar-refractivity contribution in [2.24, 2.45) is 4.99 Å². The zero-order valence-corrected chi connectivity index (χ0v) is 21.6. The smallest absolute Gasteiger partial charge is 0.279 e. The Bertz CT molecular complexity index is 1360. The van der Waals surface area contributed by atoms with E-state index in [1.807, 2.05) is 50.0 Å². The van der Waals surface area contributed by atoms with Crippen LogP contribution < -0.4 is 4.74 Å². The van der Waals surface area contributed by atoms with Gasteiger partial charge < -0.3 is 19.1 Å². The van der Waals surface area contributed by atoms with Crippen molar-refractivity contribution in [3.8, 4) is 11.4 Å². The van der Waals surface area contributed by atoms with E-state index < -0.39 is 0 Å². The van der Waals surface area contributed by atoms with Gasteiger partial charge in [0, 0.05) is 25.8 Å². The Hall–Kier alpha value is -3.98. The van der Waals surface area contributed by atoms with Gasteiger partial charge in [0.1, 0.15) is 17.3 Å². The molecule has 3 heterocycles. The SMILES string of the molecule is COc1cc(/C=C2\N=C3N(CCN(C)C)CC[C@@H](c4ccc(F)cc4)N3C2=O)ccc1-n1cnc(C)c1. The summed E-state index contributed by atoms with van der Waals surface area (Å²) in [6.45, 7) is 4.29. The van der Waals surface area contributed by atoms with Crippen molar-refractivity contribution in [1.29, 1.82) is 0 Å². The van der Waals surface area contributed by atoms with Crippen LogP contribution in [0.4, 0.5) is 4.39 Å². The third-order valence-electron chi connectivity index (χ3n) is 6.71. The number of nitrogens with zero attached hydrogens (tertiary/aromatic N) is 6. The molecule has 37 heavy (non-hydrogen) atoms. The second kappa shape index (κ2) is 10.2. The maximum Gasteiger partial charge on any atom is 0.279 e. The number of methoxy groups -OCH3 is 1. The molecule has 1 amide bonds. The van der Waals surface area contributed by atoms with Crippen molar-refractivity contribution in [3.63, 3.8) is 0 Å². The van der Waals surface area contributed by atoms with Gasteiger partial charge in [0.05, 0.1) is 30.9 Å². The molecule has 1 atom stereocenters. The average Bonchev–Trinajstić information content (AvgIpc) is 3.46. The molecule has 9 heteroatoms. The van der Waals surface area contributed by atoms with E-state index in [9.17, 15) is 9.18 Å². The number of carbonyl (C=O) groups is 1. The Balaban J connectivity index is 1.49. The van der Waals surface area contributed by atoms with Crippen molar-refractivity contribution in [1.82, 2.24) is 24.3 Å². The van der Waals surface area contributed by atoms with Gasteiger partial charge in [0.15, 0.2) is 0 Å². The molecule has 1 aromatic heterocycles. The summed E-state index contributed by atoms with van der Waals surface area (Å²) in [5.41, 5.74) is 3.85. The summed E-state index contributed by atoms with van der Waals surface area (Å²) in [6.07, 6.45) is 6.21. The summed E-state index contributed by atoms with van der Waals surface area (Å²) in [4.78, 5) is 28.8.